The average Bonchev–Trinajstić information content (AvgIpc) is 2.42. The molecule has 0 unspecified atom stereocenters. The number of aryl methyl sites for hydroxylation is 1. The Balaban J connectivity index is 2.08. The largest absolute Gasteiger partial charge is 0.457 e. The molecule has 0 aliphatic heterocycles. The third-order valence-corrected chi connectivity index (χ3v) is 3.14. The van der Waals surface area contributed by atoms with E-state index in [0.29, 0.717) is 16.8 Å². The number of benzene rings is 2. The lowest BCUT2D eigenvalue weighted by Gasteiger charge is -2.08. The lowest BCUT2D eigenvalue weighted by Crippen LogP contribution is -2.08. The summed E-state index contributed by atoms with van der Waals surface area (Å²) in [6.07, 6.45) is 0. The average molecular weight is 294 g/mol. The van der Waals surface area contributed by atoms with Crippen molar-refractivity contribution in [3.8, 4) is 0 Å². The van der Waals surface area contributed by atoms with Crippen molar-refractivity contribution >= 4 is 23.3 Å². The Morgan fingerprint density at radius 1 is 1.30 bits per heavy atom. The fourth-order valence-electron chi connectivity index (χ4n) is 1.72. The number of nitrogens with two attached hydrogens (primary N) is 1. The Kier molecular flexibility index (Phi) is 4.25. The van der Waals surface area contributed by atoms with Crippen LogP contribution in [-0.4, -0.2) is 5.97 Å². The van der Waals surface area contributed by atoms with Gasteiger partial charge in [0, 0.05) is 5.69 Å². The fourth-order valence-corrected chi connectivity index (χ4v) is 1.83. The molecule has 0 spiro atoms. The minimum absolute atomic E-state index is 0.0266. The third-order valence-electron chi connectivity index (χ3n) is 2.84. The summed E-state index contributed by atoms with van der Waals surface area (Å²) in [5.41, 5.74) is 7.82. The Morgan fingerprint density at radius 2 is 2.05 bits per heavy atom. The number of hydrogen-bond donors (Lipinski definition) is 1. The molecule has 2 aromatic carbocycles. The third kappa shape index (κ3) is 3.27. The summed E-state index contributed by atoms with van der Waals surface area (Å²) in [6.45, 7) is 1.76. The second-order valence-electron chi connectivity index (χ2n) is 4.40. The van der Waals surface area contributed by atoms with Crippen molar-refractivity contribution in [2.45, 2.75) is 13.5 Å². The van der Waals surface area contributed by atoms with Crippen molar-refractivity contribution in [1.82, 2.24) is 0 Å². The Labute approximate surface area is 121 Å². The van der Waals surface area contributed by atoms with E-state index < -0.39 is 11.8 Å². The van der Waals surface area contributed by atoms with Crippen LogP contribution in [0, 0.1) is 12.7 Å². The van der Waals surface area contributed by atoms with Gasteiger partial charge in [0.05, 0.1) is 10.6 Å². The zero-order valence-corrected chi connectivity index (χ0v) is 11.6. The van der Waals surface area contributed by atoms with Crippen LogP contribution < -0.4 is 5.73 Å². The maximum absolute atomic E-state index is 13.3. The molecule has 0 atom stereocenters. The van der Waals surface area contributed by atoms with Crippen LogP contribution in [0.3, 0.4) is 0 Å². The van der Waals surface area contributed by atoms with Gasteiger partial charge in [0.25, 0.3) is 0 Å². The molecule has 0 saturated carbocycles. The zero-order chi connectivity index (χ0) is 14.7. The smallest absolute Gasteiger partial charge is 0.338 e. The highest BCUT2D eigenvalue weighted by molar-refractivity contribution is 6.30. The molecule has 2 aromatic rings. The highest BCUT2D eigenvalue weighted by atomic mass is 35.5. The summed E-state index contributed by atoms with van der Waals surface area (Å²) in [4.78, 5) is 11.9. The summed E-state index contributed by atoms with van der Waals surface area (Å²) >= 11 is 5.58. The van der Waals surface area contributed by atoms with Gasteiger partial charge in [0.2, 0.25) is 0 Å². The molecule has 0 amide bonds. The maximum atomic E-state index is 13.3. The normalized spacial score (nSPS) is 10.3. The van der Waals surface area contributed by atoms with E-state index in [-0.39, 0.29) is 11.6 Å². The Morgan fingerprint density at radius 3 is 2.75 bits per heavy atom. The number of carbonyl (C=O) groups excluding carboxylic acids is 1. The molecule has 0 saturated heterocycles. The van der Waals surface area contributed by atoms with Gasteiger partial charge in [0.1, 0.15) is 12.4 Å². The lowest BCUT2D eigenvalue weighted by molar-refractivity contribution is 0.0471. The summed E-state index contributed by atoms with van der Waals surface area (Å²) in [7, 11) is 0. The fraction of sp³-hybridized carbons (Fsp3) is 0.133. The number of carbonyl (C=O) groups is 1. The van der Waals surface area contributed by atoms with Crippen LogP contribution in [0.5, 0.6) is 0 Å². The van der Waals surface area contributed by atoms with E-state index >= 15 is 0 Å². The molecule has 3 nitrogen and oxygen atoms in total. The molecule has 0 bridgehead atoms. The van der Waals surface area contributed by atoms with E-state index in [1.54, 1.807) is 31.2 Å². The van der Waals surface area contributed by atoms with E-state index in [0.717, 1.165) is 5.56 Å². The SMILES string of the molecule is Cc1ccc(N)cc1C(=O)OCc1ccc(Cl)c(F)c1. The Hall–Kier alpha value is -2.07. The number of hydrogen-bond acceptors (Lipinski definition) is 3. The molecule has 0 heterocycles. The van der Waals surface area contributed by atoms with Gasteiger partial charge < -0.3 is 10.5 Å². The molecule has 0 fully saturated rings. The molecule has 0 radical (unpaired) electrons. The van der Waals surface area contributed by atoms with Crippen molar-refractivity contribution in [2.75, 3.05) is 5.73 Å². The van der Waals surface area contributed by atoms with Crippen molar-refractivity contribution in [1.29, 1.82) is 0 Å². The molecule has 2 rings (SSSR count). The second kappa shape index (κ2) is 5.92. The van der Waals surface area contributed by atoms with Crippen LogP contribution in [0.4, 0.5) is 10.1 Å². The summed E-state index contributed by atoms with van der Waals surface area (Å²) < 4.78 is 18.4. The Bertz CT molecular complexity index is 658. The van der Waals surface area contributed by atoms with E-state index in [1.165, 1.54) is 12.1 Å². The van der Waals surface area contributed by atoms with E-state index in [4.69, 9.17) is 22.1 Å². The van der Waals surface area contributed by atoms with Crippen LogP contribution >= 0.6 is 11.6 Å². The van der Waals surface area contributed by atoms with Gasteiger partial charge in [-0.05, 0) is 42.3 Å². The van der Waals surface area contributed by atoms with Crippen LogP contribution in [0.15, 0.2) is 36.4 Å². The highest BCUT2D eigenvalue weighted by Gasteiger charge is 2.11. The second-order valence-corrected chi connectivity index (χ2v) is 4.81. The molecule has 104 valence electrons. The minimum atomic E-state index is -0.541. The summed E-state index contributed by atoms with van der Waals surface area (Å²) in [5, 5.41) is 0.0340. The standard InChI is InChI=1S/C15H13ClFNO2/c1-9-2-4-11(18)7-12(9)15(19)20-8-10-3-5-13(16)14(17)6-10/h2-7H,8,18H2,1H3. The van der Waals surface area contributed by atoms with Gasteiger partial charge in [-0.2, -0.15) is 0 Å². The van der Waals surface area contributed by atoms with E-state index in [1.807, 2.05) is 0 Å². The summed E-state index contributed by atoms with van der Waals surface area (Å²) in [6, 6.07) is 9.27. The zero-order valence-electron chi connectivity index (χ0n) is 10.8. The highest BCUT2D eigenvalue weighted by Crippen LogP contribution is 2.18. The van der Waals surface area contributed by atoms with Crippen LogP contribution in [0.25, 0.3) is 0 Å². The van der Waals surface area contributed by atoms with Gasteiger partial charge >= 0.3 is 5.97 Å². The number of anilines is 1. The quantitative estimate of drug-likeness (QED) is 0.693. The van der Waals surface area contributed by atoms with Crippen molar-refractivity contribution in [2.24, 2.45) is 0 Å². The number of nitrogen functional groups attached to an aromatic ring is 1. The van der Waals surface area contributed by atoms with E-state index in [2.05, 4.69) is 0 Å². The van der Waals surface area contributed by atoms with Crippen LogP contribution in [-0.2, 0) is 11.3 Å². The first kappa shape index (κ1) is 14.3. The molecule has 2 N–H and O–H groups in total. The molecule has 0 aromatic heterocycles. The first-order chi connectivity index (χ1) is 9.47. The van der Waals surface area contributed by atoms with Gasteiger partial charge in [0.15, 0.2) is 0 Å². The van der Waals surface area contributed by atoms with Gasteiger partial charge in [-0.25, -0.2) is 9.18 Å². The lowest BCUT2D eigenvalue weighted by atomic mass is 10.1. The number of ether oxygens (including phenoxy) is 1. The monoisotopic (exact) mass is 293 g/mol. The number of esters is 1. The number of rotatable bonds is 3. The number of halogens is 2. The first-order valence-electron chi connectivity index (χ1n) is 5.94. The van der Waals surface area contributed by atoms with Crippen LogP contribution in [0.1, 0.15) is 21.5 Å². The molecule has 0 aliphatic rings. The van der Waals surface area contributed by atoms with Crippen molar-refractivity contribution in [3.05, 3.63) is 63.9 Å². The van der Waals surface area contributed by atoms with Gasteiger partial charge in [-0.3, -0.25) is 0 Å². The molecular formula is C15H13ClFNO2. The molecule has 0 aliphatic carbocycles. The van der Waals surface area contributed by atoms with Crippen molar-refractivity contribution < 1.29 is 13.9 Å². The molecule has 5 heteroatoms. The van der Waals surface area contributed by atoms with Crippen LogP contribution in [0.2, 0.25) is 5.02 Å². The summed E-state index contributed by atoms with van der Waals surface area (Å²) in [5.74, 6) is -1.04. The van der Waals surface area contributed by atoms with Crippen molar-refractivity contribution in [3.63, 3.8) is 0 Å². The minimum Gasteiger partial charge on any atom is -0.457 e. The topological polar surface area (TPSA) is 52.3 Å². The predicted molar refractivity (Wildman–Crippen MR) is 76.1 cm³/mol. The van der Waals surface area contributed by atoms with Gasteiger partial charge in [-0.1, -0.05) is 23.7 Å². The van der Waals surface area contributed by atoms with Gasteiger partial charge in [-0.15, -0.1) is 0 Å². The predicted octanol–water partition coefficient (Wildman–Crippen LogP) is 3.73. The molecular weight excluding hydrogens is 281 g/mol. The van der Waals surface area contributed by atoms with E-state index in [9.17, 15) is 9.18 Å². The first-order valence-corrected chi connectivity index (χ1v) is 6.32. The molecule has 20 heavy (non-hydrogen) atoms. The maximum Gasteiger partial charge on any atom is 0.338 e.